The fourth-order valence-corrected chi connectivity index (χ4v) is 3.78. The highest BCUT2D eigenvalue weighted by Crippen LogP contribution is 2.25. The molecule has 0 saturated carbocycles. The number of carbonyl (C=O) groups is 2. The summed E-state index contributed by atoms with van der Waals surface area (Å²) in [5.74, 6) is -0.494. The summed E-state index contributed by atoms with van der Waals surface area (Å²) in [6, 6.07) is 10.4. The van der Waals surface area contributed by atoms with Crippen LogP contribution in [0.3, 0.4) is 0 Å². The Kier molecular flexibility index (Phi) is 7.95. The number of nitrogens with zero attached hydrogens (tertiary/aromatic N) is 3. The number of aryl methyl sites for hydroxylation is 1. The van der Waals surface area contributed by atoms with Crippen LogP contribution in [0.4, 0.5) is 5.69 Å². The molecule has 1 aromatic heterocycles. The van der Waals surface area contributed by atoms with E-state index >= 15 is 0 Å². The summed E-state index contributed by atoms with van der Waals surface area (Å²) in [6.45, 7) is 4.43. The van der Waals surface area contributed by atoms with Gasteiger partial charge in [-0.2, -0.15) is 0 Å². The fraction of sp³-hybridized carbons (Fsp3) is 0.238. The summed E-state index contributed by atoms with van der Waals surface area (Å²) < 4.78 is 1.76. The molecule has 0 spiro atoms. The molecule has 1 heterocycles. The van der Waals surface area contributed by atoms with Gasteiger partial charge in [0.2, 0.25) is 5.91 Å². The molecule has 0 fully saturated rings. The van der Waals surface area contributed by atoms with Crippen LogP contribution in [-0.4, -0.2) is 38.9 Å². The number of nitrogens with one attached hydrogen (secondary N) is 2. The molecule has 0 aliphatic heterocycles. The molecule has 2 amide bonds. The van der Waals surface area contributed by atoms with Crippen LogP contribution in [0.2, 0.25) is 10.0 Å². The Bertz CT molecular complexity index is 1100. The lowest BCUT2D eigenvalue weighted by Crippen LogP contribution is -2.26. The van der Waals surface area contributed by atoms with E-state index in [4.69, 9.17) is 23.2 Å². The molecule has 0 radical (unpaired) electrons. The third-order valence-electron chi connectivity index (χ3n) is 4.32. The van der Waals surface area contributed by atoms with Crippen molar-refractivity contribution in [2.75, 3.05) is 17.6 Å². The molecule has 3 rings (SSSR count). The molecule has 7 nitrogen and oxygen atoms in total. The van der Waals surface area contributed by atoms with Gasteiger partial charge in [0.1, 0.15) is 6.33 Å². The van der Waals surface area contributed by atoms with Crippen LogP contribution < -0.4 is 10.6 Å². The second-order valence-electron chi connectivity index (χ2n) is 6.70. The van der Waals surface area contributed by atoms with Crippen LogP contribution in [0.15, 0.2) is 47.9 Å². The normalized spacial score (nSPS) is 10.7. The van der Waals surface area contributed by atoms with Gasteiger partial charge in [-0.25, -0.2) is 0 Å². The van der Waals surface area contributed by atoms with Gasteiger partial charge in [0.15, 0.2) is 5.16 Å². The smallest absolute Gasteiger partial charge is 0.253 e. The minimum Gasteiger partial charge on any atom is -0.352 e. The Morgan fingerprint density at radius 1 is 1.16 bits per heavy atom. The largest absolute Gasteiger partial charge is 0.352 e. The van der Waals surface area contributed by atoms with Gasteiger partial charge in [-0.15, -0.1) is 10.2 Å². The van der Waals surface area contributed by atoms with Crippen LogP contribution in [0.5, 0.6) is 0 Å². The van der Waals surface area contributed by atoms with Crippen LogP contribution >= 0.6 is 35.0 Å². The van der Waals surface area contributed by atoms with Gasteiger partial charge in [0.25, 0.3) is 5.91 Å². The van der Waals surface area contributed by atoms with Crippen molar-refractivity contribution >= 4 is 52.5 Å². The summed E-state index contributed by atoms with van der Waals surface area (Å²) in [5.41, 5.74) is 2.48. The minimum absolute atomic E-state index is 0.0703. The molecular weight excluding hydrogens is 457 g/mol. The van der Waals surface area contributed by atoms with E-state index in [1.54, 1.807) is 29.1 Å². The topological polar surface area (TPSA) is 88.9 Å². The van der Waals surface area contributed by atoms with Gasteiger partial charge in [-0.3, -0.25) is 14.2 Å². The maximum absolute atomic E-state index is 12.6. The third kappa shape index (κ3) is 6.00. The van der Waals surface area contributed by atoms with E-state index in [0.717, 1.165) is 17.7 Å². The molecular formula is C21H21Cl2N5O2S. The molecule has 162 valence electrons. The molecule has 31 heavy (non-hydrogen) atoms. The molecule has 0 unspecified atom stereocenters. The van der Waals surface area contributed by atoms with E-state index < -0.39 is 0 Å². The van der Waals surface area contributed by atoms with Crippen molar-refractivity contribution in [2.24, 2.45) is 0 Å². The van der Waals surface area contributed by atoms with Crippen molar-refractivity contribution in [3.63, 3.8) is 0 Å². The summed E-state index contributed by atoms with van der Waals surface area (Å²) in [7, 11) is 0. The van der Waals surface area contributed by atoms with E-state index in [9.17, 15) is 9.59 Å². The van der Waals surface area contributed by atoms with Crippen molar-refractivity contribution in [1.82, 2.24) is 20.1 Å². The zero-order valence-corrected chi connectivity index (χ0v) is 19.3. The number of carbonyl (C=O) groups excluding carboxylic acids is 2. The summed E-state index contributed by atoms with van der Waals surface area (Å²) >= 11 is 13.5. The number of amides is 2. The SMILES string of the molecule is CCCNC(=O)c1ccc(Cl)cc1NC(=O)CSc1nncn1-c1ccc(C)c(Cl)c1. The quantitative estimate of drug-likeness (QED) is 0.456. The Morgan fingerprint density at radius 2 is 1.97 bits per heavy atom. The van der Waals surface area contributed by atoms with E-state index in [1.807, 2.05) is 32.0 Å². The maximum atomic E-state index is 12.6. The van der Waals surface area contributed by atoms with E-state index in [0.29, 0.717) is 33.0 Å². The lowest BCUT2D eigenvalue weighted by Gasteiger charge is -2.12. The van der Waals surface area contributed by atoms with Gasteiger partial charge >= 0.3 is 0 Å². The predicted molar refractivity (Wildman–Crippen MR) is 125 cm³/mol. The second kappa shape index (κ2) is 10.7. The maximum Gasteiger partial charge on any atom is 0.253 e. The molecule has 10 heteroatoms. The first-order valence-corrected chi connectivity index (χ1v) is 11.3. The van der Waals surface area contributed by atoms with Crippen LogP contribution in [0.25, 0.3) is 5.69 Å². The van der Waals surface area contributed by atoms with Crippen molar-refractivity contribution in [3.8, 4) is 5.69 Å². The van der Waals surface area contributed by atoms with Crippen molar-refractivity contribution in [1.29, 1.82) is 0 Å². The Hall–Kier alpha value is -2.55. The Balaban J connectivity index is 1.69. The average Bonchev–Trinajstić information content (AvgIpc) is 3.21. The third-order valence-corrected chi connectivity index (χ3v) is 5.90. The molecule has 0 aliphatic carbocycles. The van der Waals surface area contributed by atoms with Gasteiger partial charge < -0.3 is 10.6 Å². The van der Waals surface area contributed by atoms with Gasteiger partial charge in [0.05, 0.1) is 22.7 Å². The van der Waals surface area contributed by atoms with Gasteiger partial charge in [-0.05, 0) is 49.2 Å². The lowest BCUT2D eigenvalue weighted by molar-refractivity contribution is -0.113. The molecule has 2 aromatic carbocycles. The second-order valence-corrected chi connectivity index (χ2v) is 8.49. The first kappa shape index (κ1) is 23.1. The number of halogens is 2. The number of hydrogen-bond donors (Lipinski definition) is 2. The first-order chi connectivity index (χ1) is 14.9. The summed E-state index contributed by atoms with van der Waals surface area (Å²) in [4.78, 5) is 24.9. The van der Waals surface area contributed by atoms with Gasteiger partial charge in [-0.1, -0.05) is 48.0 Å². The van der Waals surface area contributed by atoms with Crippen molar-refractivity contribution in [3.05, 3.63) is 63.9 Å². The predicted octanol–water partition coefficient (Wildman–Crippen LogP) is 4.75. The van der Waals surface area contributed by atoms with Gasteiger partial charge in [0, 0.05) is 16.6 Å². The van der Waals surface area contributed by atoms with Crippen molar-refractivity contribution in [2.45, 2.75) is 25.4 Å². The highest BCUT2D eigenvalue weighted by atomic mass is 35.5. The molecule has 0 saturated heterocycles. The molecule has 0 atom stereocenters. The monoisotopic (exact) mass is 477 g/mol. The Morgan fingerprint density at radius 3 is 2.71 bits per heavy atom. The number of thioether (sulfide) groups is 1. The van der Waals surface area contributed by atoms with E-state index in [1.165, 1.54) is 11.8 Å². The molecule has 3 aromatic rings. The van der Waals surface area contributed by atoms with E-state index in [2.05, 4.69) is 20.8 Å². The van der Waals surface area contributed by atoms with E-state index in [-0.39, 0.29) is 17.6 Å². The highest BCUT2D eigenvalue weighted by molar-refractivity contribution is 7.99. The number of aromatic nitrogens is 3. The summed E-state index contributed by atoms with van der Waals surface area (Å²) in [6.07, 6.45) is 2.37. The van der Waals surface area contributed by atoms with Crippen LogP contribution in [-0.2, 0) is 4.79 Å². The fourth-order valence-electron chi connectivity index (χ4n) is 2.70. The standard InChI is InChI=1S/C21H21Cl2N5O2S/c1-3-8-24-20(30)16-7-5-14(22)9-18(16)26-19(29)11-31-21-27-25-12-28(21)15-6-4-13(2)17(23)10-15/h4-7,9-10,12H,3,8,11H2,1-2H3,(H,24,30)(H,26,29). The molecule has 2 N–H and O–H groups in total. The molecule has 0 bridgehead atoms. The number of rotatable bonds is 8. The Labute approximate surface area is 194 Å². The lowest BCUT2D eigenvalue weighted by atomic mass is 10.1. The number of hydrogen-bond acceptors (Lipinski definition) is 5. The zero-order valence-electron chi connectivity index (χ0n) is 17.0. The minimum atomic E-state index is -0.298. The zero-order chi connectivity index (χ0) is 22.4. The van der Waals surface area contributed by atoms with Crippen LogP contribution in [0.1, 0.15) is 29.3 Å². The number of anilines is 1. The van der Waals surface area contributed by atoms with Crippen LogP contribution in [0, 0.1) is 6.92 Å². The average molecular weight is 478 g/mol. The number of benzene rings is 2. The molecule has 0 aliphatic rings. The van der Waals surface area contributed by atoms with Crippen molar-refractivity contribution < 1.29 is 9.59 Å². The first-order valence-electron chi connectivity index (χ1n) is 9.56. The highest BCUT2D eigenvalue weighted by Gasteiger charge is 2.16. The summed E-state index contributed by atoms with van der Waals surface area (Å²) in [5, 5.41) is 15.2.